The van der Waals surface area contributed by atoms with Crippen molar-refractivity contribution in [1.82, 2.24) is 21.0 Å². The number of rotatable bonds is 16. The summed E-state index contributed by atoms with van der Waals surface area (Å²) in [5.74, 6) is -2.49. The van der Waals surface area contributed by atoms with Crippen molar-refractivity contribution in [1.29, 1.82) is 0 Å². The third-order valence-electron chi connectivity index (χ3n) is 7.47. The number of aliphatic hydroxyl groups excluding tert-OH is 3. The van der Waals surface area contributed by atoms with Gasteiger partial charge in [0.05, 0.1) is 18.8 Å². The molecule has 15 nitrogen and oxygen atoms in total. The highest BCUT2D eigenvalue weighted by Crippen LogP contribution is 2.34. The third kappa shape index (κ3) is 10.1. The second-order valence-corrected chi connectivity index (χ2v) is 10.6. The summed E-state index contributed by atoms with van der Waals surface area (Å²) in [5, 5.41) is 46.6. The molecule has 2 fully saturated rings. The lowest BCUT2D eigenvalue weighted by atomic mass is 9.83. The van der Waals surface area contributed by atoms with Crippen molar-refractivity contribution in [3.05, 3.63) is 0 Å². The number of nitrogens with two attached hydrogens (primary N) is 1. The summed E-state index contributed by atoms with van der Waals surface area (Å²) in [5.41, 5.74) is 8.53. The lowest BCUT2D eigenvalue weighted by Crippen LogP contribution is -2.66. The Hall–Kier alpha value is -1.50. The molecule has 11 atom stereocenters. The van der Waals surface area contributed by atoms with Gasteiger partial charge in [-0.2, -0.15) is 0 Å². The van der Waals surface area contributed by atoms with E-state index >= 15 is 0 Å². The molecule has 0 radical (unpaired) electrons. The van der Waals surface area contributed by atoms with Gasteiger partial charge in [0, 0.05) is 46.2 Å². The molecule has 9 N–H and O–H groups in total. The first-order valence-electron chi connectivity index (χ1n) is 13.9. The van der Waals surface area contributed by atoms with Gasteiger partial charge in [0.2, 0.25) is 5.91 Å². The molecule has 4 unspecified atom stereocenters. The van der Waals surface area contributed by atoms with Crippen LogP contribution in [0, 0.1) is 11.8 Å². The molecule has 2 rings (SSSR count). The molecular weight excluding hydrogens is 530 g/mol. The van der Waals surface area contributed by atoms with Crippen molar-refractivity contribution in [2.75, 3.05) is 45.9 Å². The van der Waals surface area contributed by atoms with E-state index in [9.17, 15) is 30.0 Å². The molecule has 1 amide bonds. The van der Waals surface area contributed by atoms with Gasteiger partial charge >= 0.3 is 5.97 Å². The van der Waals surface area contributed by atoms with Crippen LogP contribution in [0.2, 0.25) is 0 Å². The quantitative estimate of drug-likeness (QED) is 0.0526. The topological polar surface area (TPSA) is 217 Å². The second-order valence-electron chi connectivity index (χ2n) is 10.6. The molecule has 0 saturated carbocycles. The van der Waals surface area contributed by atoms with Crippen molar-refractivity contribution >= 4 is 11.9 Å². The van der Waals surface area contributed by atoms with E-state index in [1.807, 2.05) is 0 Å². The van der Waals surface area contributed by atoms with Crippen LogP contribution in [0.4, 0.5) is 0 Å². The average molecular weight is 580 g/mol. The Balaban J connectivity index is 1.99. The number of carbonyl (C=O) groups excluding carboxylic acids is 1. The number of carbonyl (C=O) groups is 2. The van der Waals surface area contributed by atoms with E-state index in [1.165, 1.54) is 6.92 Å². The third-order valence-corrected chi connectivity index (χ3v) is 7.47. The number of amides is 1. The molecule has 2 aliphatic rings. The second kappa shape index (κ2) is 16.8. The van der Waals surface area contributed by atoms with E-state index in [-0.39, 0.29) is 12.5 Å². The fourth-order valence-corrected chi connectivity index (χ4v) is 4.97. The molecule has 2 heterocycles. The number of hydrogen-bond acceptors (Lipinski definition) is 13. The maximum atomic E-state index is 11.9. The highest BCUT2D eigenvalue weighted by atomic mass is 16.7. The summed E-state index contributed by atoms with van der Waals surface area (Å²) < 4.78 is 17.5. The Morgan fingerprint density at radius 1 is 1.05 bits per heavy atom. The molecule has 0 aromatic rings. The molecule has 0 aromatic heterocycles. The highest BCUT2D eigenvalue weighted by molar-refractivity contribution is 5.73. The summed E-state index contributed by atoms with van der Waals surface area (Å²) in [6, 6.07) is -0.800. The van der Waals surface area contributed by atoms with E-state index in [1.54, 1.807) is 27.7 Å². The first kappa shape index (κ1) is 34.7. The van der Waals surface area contributed by atoms with Crippen LogP contribution in [-0.2, 0) is 28.6 Å². The van der Waals surface area contributed by atoms with Gasteiger partial charge in [-0.15, -0.1) is 0 Å². The molecule has 0 aliphatic carbocycles. The normalized spacial score (nSPS) is 35.5. The SMILES string of the molecule is CC(=O)NC1[C@H](C)OC(CONCCN(CCN)CCN[C@H](C)O)[C@@H](O)[C@@H]1O[C@@H]1OC(C(=O)O)[C@@H](C)[C@H](C)C1O. The van der Waals surface area contributed by atoms with Gasteiger partial charge < -0.3 is 45.7 Å². The zero-order valence-electron chi connectivity index (χ0n) is 24.1. The predicted octanol–water partition coefficient (Wildman–Crippen LogP) is -2.82. The first-order valence-corrected chi connectivity index (χ1v) is 13.9. The number of ether oxygens (including phenoxy) is 3. The molecule has 40 heavy (non-hydrogen) atoms. The fourth-order valence-electron chi connectivity index (χ4n) is 4.97. The van der Waals surface area contributed by atoms with Crippen LogP contribution < -0.4 is 21.8 Å². The lowest BCUT2D eigenvalue weighted by Gasteiger charge is -2.47. The van der Waals surface area contributed by atoms with E-state index in [0.29, 0.717) is 39.3 Å². The Kier molecular flexibility index (Phi) is 14.6. The van der Waals surface area contributed by atoms with E-state index in [0.717, 1.165) is 0 Å². The molecule has 2 aliphatic heterocycles. The molecule has 0 aromatic carbocycles. The van der Waals surface area contributed by atoms with Crippen LogP contribution in [0.3, 0.4) is 0 Å². The van der Waals surface area contributed by atoms with Gasteiger partial charge in [0.1, 0.15) is 30.6 Å². The number of aliphatic carboxylic acids is 1. The van der Waals surface area contributed by atoms with E-state index < -0.39 is 73.0 Å². The van der Waals surface area contributed by atoms with Gasteiger partial charge in [-0.1, -0.05) is 13.8 Å². The minimum Gasteiger partial charge on any atom is -0.479 e. The minimum absolute atomic E-state index is 0.0576. The number of nitrogens with zero attached hydrogens (tertiary/aromatic N) is 1. The zero-order valence-corrected chi connectivity index (χ0v) is 24.1. The van der Waals surface area contributed by atoms with Crippen LogP contribution >= 0.6 is 0 Å². The molecule has 0 bridgehead atoms. The lowest BCUT2D eigenvalue weighted by molar-refractivity contribution is -0.311. The van der Waals surface area contributed by atoms with Crippen molar-refractivity contribution in [2.45, 2.75) is 89.8 Å². The average Bonchev–Trinajstić information content (AvgIpc) is 2.87. The summed E-state index contributed by atoms with van der Waals surface area (Å²) in [7, 11) is 0. The highest BCUT2D eigenvalue weighted by Gasteiger charge is 2.50. The predicted molar refractivity (Wildman–Crippen MR) is 143 cm³/mol. The maximum absolute atomic E-state index is 11.9. The summed E-state index contributed by atoms with van der Waals surface area (Å²) in [4.78, 5) is 31.3. The van der Waals surface area contributed by atoms with Crippen LogP contribution in [-0.4, -0.2) is 138 Å². The van der Waals surface area contributed by atoms with E-state index in [4.69, 9.17) is 24.8 Å². The summed E-state index contributed by atoms with van der Waals surface area (Å²) in [6.45, 7) is 11.5. The Bertz CT molecular complexity index is 780. The van der Waals surface area contributed by atoms with Gasteiger partial charge in [0.25, 0.3) is 0 Å². The smallest absolute Gasteiger partial charge is 0.333 e. The fraction of sp³-hybridized carbons (Fsp3) is 0.920. The summed E-state index contributed by atoms with van der Waals surface area (Å²) in [6.07, 6.45) is -8.16. The van der Waals surface area contributed by atoms with Crippen LogP contribution in [0.25, 0.3) is 0 Å². The molecule has 0 spiro atoms. The number of carboxylic acid groups (broad SMARTS) is 1. The monoisotopic (exact) mass is 579 g/mol. The standard InChI is InChI=1S/C25H49N5O10/c1-13-14(2)22(24(35)36)39-25(20(13)33)40-23-19(29-17(5)32)15(3)38-18(21(23)34)12-37-28-8-11-30(9-6-26)10-7-27-16(4)31/h13-16,18-23,25,27-28,31,33-34H,6-12,26H2,1-5H3,(H,29,32)(H,35,36)/t13-,14-,15-,16-,18?,19?,20?,21+,22?,23+,25-/m0/s1. The number of carboxylic acids is 1. The van der Waals surface area contributed by atoms with Gasteiger partial charge in [0.15, 0.2) is 12.4 Å². The van der Waals surface area contributed by atoms with Gasteiger partial charge in [-0.25, -0.2) is 10.3 Å². The minimum atomic E-state index is -1.34. The van der Waals surface area contributed by atoms with Gasteiger partial charge in [-0.3, -0.25) is 19.8 Å². The number of hydroxylamine groups is 1. The first-order chi connectivity index (χ1) is 18.9. The van der Waals surface area contributed by atoms with Crippen LogP contribution in [0.5, 0.6) is 0 Å². The largest absolute Gasteiger partial charge is 0.479 e. The summed E-state index contributed by atoms with van der Waals surface area (Å²) >= 11 is 0. The van der Waals surface area contributed by atoms with E-state index in [2.05, 4.69) is 21.0 Å². The van der Waals surface area contributed by atoms with Crippen molar-refractivity contribution in [3.63, 3.8) is 0 Å². The Morgan fingerprint density at radius 2 is 1.73 bits per heavy atom. The molecular formula is C25H49N5O10. The zero-order chi connectivity index (χ0) is 30.0. The van der Waals surface area contributed by atoms with Crippen LogP contribution in [0.15, 0.2) is 0 Å². The number of nitrogens with one attached hydrogen (secondary N) is 3. The molecule has 234 valence electrons. The Morgan fingerprint density at radius 3 is 2.33 bits per heavy atom. The molecule has 2 saturated heterocycles. The van der Waals surface area contributed by atoms with Crippen molar-refractivity contribution < 1.29 is 49.1 Å². The number of aliphatic hydroxyl groups is 3. The van der Waals surface area contributed by atoms with Gasteiger partial charge in [-0.05, 0) is 25.7 Å². The number of hydrogen-bond donors (Lipinski definition) is 8. The van der Waals surface area contributed by atoms with Crippen LogP contribution in [0.1, 0.15) is 34.6 Å². The Labute approximate surface area is 235 Å². The maximum Gasteiger partial charge on any atom is 0.333 e. The molecule has 15 heteroatoms. The van der Waals surface area contributed by atoms with Crippen molar-refractivity contribution in [2.24, 2.45) is 17.6 Å². The van der Waals surface area contributed by atoms with Crippen molar-refractivity contribution in [3.8, 4) is 0 Å².